The van der Waals surface area contributed by atoms with Gasteiger partial charge in [-0.1, -0.05) is 24.3 Å². The number of benzene rings is 5. The van der Waals surface area contributed by atoms with Crippen molar-refractivity contribution in [3.63, 3.8) is 0 Å². The van der Waals surface area contributed by atoms with Gasteiger partial charge >= 0.3 is 0 Å². The number of rotatable bonds is 8. The summed E-state index contributed by atoms with van der Waals surface area (Å²) in [6.07, 6.45) is 11.8. The second-order valence-corrected chi connectivity index (χ2v) is 12.0. The van der Waals surface area contributed by atoms with Crippen LogP contribution in [-0.4, -0.2) is 65.6 Å². The van der Waals surface area contributed by atoms with Gasteiger partial charge in [0.15, 0.2) is 0 Å². The van der Waals surface area contributed by atoms with E-state index in [0.717, 1.165) is 32.3 Å². The van der Waals surface area contributed by atoms with Crippen molar-refractivity contribution < 1.29 is 19.2 Å². The molecular formula is C36H26N6O4. The van der Waals surface area contributed by atoms with Crippen molar-refractivity contribution in [2.75, 3.05) is 13.1 Å². The highest BCUT2D eigenvalue weighted by Gasteiger charge is 2.36. The van der Waals surface area contributed by atoms with Crippen molar-refractivity contribution >= 4 is 66.7 Å². The Balaban J connectivity index is 1.14. The fourth-order valence-corrected chi connectivity index (χ4v) is 7.43. The molecule has 0 aliphatic carbocycles. The van der Waals surface area contributed by atoms with Crippen LogP contribution >= 0.6 is 0 Å². The van der Waals surface area contributed by atoms with Crippen LogP contribution in [0.15, 0.2) is 86.0 Å². The summed E-state index contributed by atoms with van der Waals surface area (Å²) in [5.41, 5.74) is 2.01. The molecule has 0 radical (unpaired) electrons. The van der Waals surface area contributed by atoms with E-state index in [2.05, 4.69) is 9.97 Å². The van der Waals surface area contributed by atoms with Crippen molar-refractivity contribution in [2.24, 2.45) is 0 Å². The number of hydrogen-bond acceptors (Lipinski definition) is 6. The van der Waals surface area contributed by atoms with Crippen molar-refractivity contribution in [1.29, 1.82) is 0 Å². The molecule has 4 amide bonds. The fourth-order valence-electron chi connectivity index (χ4n) is 7.43. The van der Waals surface area contributed by atoms with Gasteiger partial charge in [-0.3, -0.25) is 29.0 Å². The second-order valence-electron chi connectivity index (χ2n) is 12.0. The Hall–Kier alpha value is -5.90. The fraction of sp³-hybridized carbons (Fsp3) is 0.167. The number of carbonyl (C=O) groups is 4. The number of imidazole rings is 2. The van der Waals surface area contributed by atoms with Gasteiger partial charge in [0.1, 0.15) is 0 Å². The van der Waals surface area contributed by atoms with Gasteiger partial charge in [0, 0.05) is 84.0 Å². The second kappa shape index (κ2) is 9.80. The third-order valence-electron chi connectivity index (χ3n) is 9.52. The van der Waals surface area contributed by atoms with Crippen molar-refractivity contribution in [1.82, 2.24) is 28.9 Å². The van der Waals surface area contributed by atoms with Gasteiger partial charge in [0.05, 0.1) is 12.7 Å². The molecule has 0 bridgehead atoms. The number of fused-ring (bicyclic) bond motifs is 2. The molecule has 10 heteroatoms. The topological polar surface area (TPSA) is 110 Å². The first-order chi connectivity index (χ1) is 22.5. The van der Waals surface area contributed by atoms with Gasteiger partial charge in [0.2, 0.25) is 0 Å². The number of nitrogens with zero attached hydrogens (tertiary/aromatic N) is 6. The van der Waals surface area contributed by atoms with E-state index in [1.165, 1.54) is 9.80 Å². The number of carbonyl (C=O) groups excluding carboxylic acids is 4. The monoisotopic (exact) mass is 606 g/mol. The average molecular weight is 607 g/mol. The molecule has 0 atom stereocenters. The predicted octanol–water partition coefficient (Wildman–Crippen LogP) is 5.50. The highest BCUT2D eigenvalue weighted by molar-refractivity contribution is 6.41. The van der Waals surface area contributed by atoms with Crippen LogP contribution in [0.25, 0.3) is 43.1 Å². The smallest absolute Gasteiger partial charge is 0.261 e. The van der Waals surface area contributed by atoms with Crippen molar-refractivity contribution in [3.8, 4) is 0 Å². The summed E-state index contributed by atoms with van der Waals surface area (Å²) in [5.74, 6) is -1.20. The molecule has 0 saturated carbocycles. The van der Waals surface area contributed by atoms with Crippen LogP contribution < -0.4 is 0 Å². The SMILES string of the molecule is O=C1c2ccc3c4ccc5c6c(ccc(c7ccc(c2c37)C(=O)N1CCCn1ccnc1)c64)C(=O)N(CCCn1ccnc1)C5=O. The quantitative estimate of drug-likeness (QED) is 0.128. The van der Waals surface area contributed by atoms with E-state index >= 15 is 0 Å². The van der Waals surface area contributed by atoms with E-state index in [4.69, 9.17) is 0 Å². The lowest BCUT2D eigenvalue weighted by Gasteiger charge is -2.30. The Morgan fingerprint density at radius 3 is 1.09 bits per heavy atom. The summed E-state index contributed by atoms with van der Waals surface area (Å²) >= 11 is 0. The van der Waals surface area contributed by atoms with Gasteiger partial charge in [-0.25, -0.2) is 9.97 Å². The van der Waals surface area contributed by atoms with Gasteiger partial charge in [-0.05, 0) is 69.4 Å². The van der Waals surface area contributed by atoms with Gasteiger partial charge in [-0.2, -0.15) is 0 Å². The third-order valence-corrected chi connectivity index (χ3v) is 9.52. The van der Waals surface area contributed by atoms with E-state index in [1.54, 1.807) is 49.3 Å². The molecular weight excluding hydrogens is 580 g/mol. The Labute approximate surface area is 261 Å². The molecule has 0 fully saturated rings. The Morgan fingerprint density at radius 1 is 0.435 bits per heavy atom. The normalized spacial score (nSPS) is 14.7. The molecule has 2 aliphatic heterocycles. The zero-order valence-corrected chi connectivity index (χ0v) is 24.6. The van der Waals surface area contributed by atoms with Gasteiger partial charge in [0.25, 0.3) is 23.6 Å². The largest absolute Gasteiger partial charge is 0.337 e. The molecule has 4 heterocycles. The van der Waals surface area contributed by atoms with E-state index in [1.807, 2.05) is 45.8 Å². The Bertz CT molecular complexity index is 2120. The minimum atomic E-state index is -0.299. The van der Waals surface area contributed by atoms with Crippen LogP contribution in [0.4, 0.5) is 0 Å². The van der Waals surface area contributed by atoms with Crippen molar-refractivity contribution in [2.45, 2.75) is 25.9 Å². The number of aromatic nitrogens is 4. The summed E-state index contributed by atoms with van der Waals surface area (Å²) in [6.45, 7) is 1.90. The number of aryl methyl sites for hydroxylation is 2. The molecule has 0 saturated heterocycles. The molecule has 0 unspecified atom stereocenters. The van der Waals surface area contributed by atoms with E-state index in [-0.39, 0.29) is 23.6 Å². The highest BCUT2D eigenvalue weighted by Crippen LogP contribution is 2.46. The zero-order chi connectivity index (χ0) is 31.1. The van der Waals surface area contributed by atoms with Crippen molar-refractivity contribution in [3.05, 3.63) is 108 Å². The number of hydrogen-bond donors (Lipinski definition) is 0. The van der Waals surface area contributed by atoms with Gasteiger partial charge < -0.3 is 9.13 Å². The van der Waals surface area contributed by atoms with Crippen LogP contribution in [0, 0.1) is 0 Å². The lowest BCUT2D eigenvalue weighted by atomic mass is 9.82. The molecule has 2 aromatic heterocycles. The lowest BCUT2D eigenvalue weighted by molar-refractivity contribution is 0.0591. The minimum absolute atomic E-state index is 0.299. The van der Waals surface area contributed by atoms with Crippen LogP contribution in [0.3, 0.4) is 0 Å². The molecule has 0 spiro atoms. The van der Waals surface area contributed by atoms with Gasteiger partial charge in [-0.15, -0.1) is 0 Å². The van der Waals surface area contributed by atoms with E-state index in [0.29, 0.717) is 72.0 Å². The Morgan fingerprint density at radius 2 is 0.783 bits per heavy atom. The maximum atomic E-state index is 13.8. The molecule has 9 rings (SSSR count). The number of amides is 4. The van der Waals surface area contributed by atoms with Crippen LogP contribution in [0.2, 0.25) is 0 Å². The summed E-state index contributed by atoms with van der Waals surface area (Å²) in [4.78, 5) is 65.8. The average Bonchev–Trinajstić information content (AvgIpc) is 3.80. The first-order valence-electron chi connectivity index (χ1n) is 15.4. The van der Waals surface area contributed by atoms with Crippen LogP contribution in [0.1, 0.15) is 54.3 Å². The first-order valence-corrected chi connectivity index (χ1v) is 15.4. The lowest BCUT2D eigenvalue weighted by Crippen LogP contribution is -2.41. The standard InChI is InChI=1S/C36H26N6O4/c43-33-25-7-3-21-23-5-9-27-32-28(36(46)42(35(27)45)16-2-14-40-18-12-38-20-40)10-6-24(30(23)32)22-4-8-26(31(25)29(21)22)34(44)41(33)15-1-13-39-17-11-37-19-39/h3-12,17-20H,1-2,13-16H2. The maximum Gasteiger partial charge on any atom is 0.261 e. The maximum absolute atomic E-state index is 13.8. The molecule has 0 N–H and O–H groups in total. The molecule has 10 nitrogen and oxygen atoms in total. The number of imide groups is 2. The Kier molecular flexibility index (Phi) is 5.65. The predicted molar refractivity (Wildman–Crippen MR) is 172 cm³/mol. The highest BCUT2D eigenvalue weighted by atomic mass is 16.2. The minimum Gasteiger partial charge on any atom is -0.337 e. The van der Waals surface area contributed by atoms with Crippen LogP contribution in [0.5, 0.6) is 0 Å². The molecule has 2 aliphatic rings. The molecule has 224 valence electrons. The summed E-state index contributed by atoms with van der Waals surface area (Å²) < 4.78 is 3.85. The molecule has 5 aromatic carbocycles. The summed E-state index contributed by atoms with van der Waals surface area (Å²) in [5, 5.41) is 6.52. The zero-order valence-electron chi connectivity index (χ0n) is 24.6. The molecule has 7 aromatic rings. The van der Waals surface area contributed by atoms with E-state index in [9.17, 15) is 19.2 Å². The first kappa shape index (κ1) is 26.5. The summed E-state index contributed by atoms with van der Waals surface area (Å²) in [7, 11) is 0. The third kappa shape index (κ3) is 3.64. The summed E-state index contributed by atoms with van der Waals surface area (Å²) in [6, 6.07) is 15.0. The van der Waals surface area contributed by atoms with Crippen LogP contribution in [-0.2, 0) is 13.1 Å². The van der Waals surface area contributed by atoms with E-state index < -0.39 is 0 Å². The molecule has 46 heavy (non-hydrogen) atoms.